The van der Waals surface area contributed by atoms with Crippen LogP contribution in [0.5, 0.6) is 11.5 Å². The van der Waals surface area contributed by atoms with Gasteiger partial charge in [-0.3, -0.25) is 4.79 Å². The van der Waals surface area contributed by atoms with E-state index in [0.717, 1.165) is 16.7 Å². The van der Waals surface area contributed by atoms with Crippen molar-refractivity contribution >= 4 is 18.3 Å². The van der Waals surface area contributed by atoms with Gasteiger partial charge < -0.3 is 23.7 Å². The number of unbranched alkanes of at least 4 members (excludes halogenated alkanes) is 1. The minimum Gasteiger partial charge on any atom is -0.461 e. The smallest absolute Gasteiger partial charge is 0.461 e. The molecule has 4 aromatic rings. The fraction of sp³-hybridized carbons (Fsp3) is 0.206. The van der Waals surface area contributed by atoms with Crippen LogP contribution in [0.4, 0.5) is 9.59 Å². The fourth-order valence-electron chi connectivity index (χ4n) is 3.99. The van der Waals surface area contributed by atoms with Gasteiger partial charge in [0.2, 0.25) is 0 Å². The second-order valence-electron chi connectivity index (χ2n) is 9.38. The van der Waals surface area contributed by atoms with Crippen molar-refractivity contribution in [1.29, 1.82) is 0 Å². The van der Waals surface area contributed by atoms with Gasteiger partial charge in [-0.1, -0.05) is 91.0 Å². The quantitative estimate of drug-likeness (QED) is 0.0705. The van der Waals surface area contributed by atoms with Gasteiger partial charge in [0.1, 0.15) is 31.3 Å². The third-order valence-corrected chi connectivity index (χ3v) is 6.15. The molecule has 0 unspecified atom stereocenters. The first-order valence-corrected chi connectivity index (χ1v) is 13.6. The molecule has 0 saturated heterocycles. The summed E-state index contributed by atoms with van der Waals surface area (Å²) >= 11 is 0. The van der Waals surface area contributed by atoms with Crippen LogP contribution in [-0.4, -0.2) is 18.3 Å². The van der Waals surface area contributed by atoms with Gasteiger partial charge in [-0.15, -0.1) is 0 Å². The van der Waals surface area contributed by atoms with Gasteiger partial charge in [-0.2, -0.15) is 0 Å². The van der Waals surface area contributed by atoms with Crippen molar-refractivity contribution in [2.24, 2.45) is 0 Å². The van der Waals surface area contributed by atoms with Crippen LogP contribution in [0.2, 0.25) is 0 Å². The van der Waals surface area contributed by atoms with Crippen LogP contribution in [0.1, 0.15) is 41.5 Å². The summed E-state index contributed by atoms with van der Waals surface area (Å²) in [5, 5.41) is 0. The van der Waals surface area contributed by atoms with E-state index in [4.69, 9.17) is 23.7 Å². The van der Waals surface area contributed by atoms with Gasteiger partial charge >= 0.3 is 18.3 Å². The Morgan fingerprint density at radius 2 is 1.02 bits per heavy atom. The highest BCUT2D eigenvalue weighted by Crippen LogP contribution is 2.27. The number of carbonyl (C=O) groups is 3. The van der Waals surface area contributed by atoms with Crippen LogP contribution in [0.15, 0.2) is 109 Å². The van der Waals surface area contributed by atoms with E-state index in [1.54, 1.807) is 6.07 Å². The Bertz CT molecular complexity index is 1420. The molecule has 0 amide bonds. The van der Waals surface area contributed by atoms with E-state index in [9.17, 15) is 14.4 Å². The van der Waals surface area contributed by atoms with E-state index >= 15 is 0 Å². The molecule has 0 aliphatic carbocycles. The largest absolute Gasteiger partial charge is 0.514 e. The Morgan fingerprint density at radius 3 is 1.57 bits per heavy atom. The van der Waals surface area contributed by atoms with Crippen LogP contribution in [-0.2, 0) is 45.2 Å². The molecule has 0 saturated carbocycles. The second-order valence-corrected chi connectivity index (χ2v) is 9.38. The highest BCUT2D eigenvalue weighted by molar-refractivity contribution is 5.69. The zero-order valence-electron chi connectivity index (χ0n) is 23.1. The van der Waals surface area contributed by atoms with Crippen molar-refractivity contribution in [3.63, 3.8) is 0 Å². The Kier molecular flexibility index (Phi) is 11.5. The molecule has 4 rings (SSSR count). The lowest BCUT2D eigenvalue weighted by Crippen LogP contribution is -2.13. The standard InChI is InChI=1S/C34H32O8/c35-32(38-23-26-12-4-1-5-13-26)19-11-10-18-29-22-30(41-33(36)39-24-27-14-6-2-7-15-27)20-21-31(29)42-34(37)40-25-28-16-8-3-9-17-28/h1-9,12-17,20-22H,10-11,18-19,23-25H2. The van der Waals surface area contributed by atoms with E-state index in [1.165, 1.54) is 12.1 Å². The van der Waals surface area contributed by atoms with E-state index in [-0.39, 0.29) is 43.7 Å². The van der Waals surface area contributed by atoms with Gasteiger partial charge in [-0.05, 0) is 59.7 Å². The van der Waals surface area contributed by atoms with Gasteiger partial charge in [0.15, 0.2) is 0 Å². The average molecular weight is 569 g/mol. The predicted octanol–water partition coefficient (Wildman–Crippen LogP) is 7.57. The Balaban J connectivity index is 1.32. The van der Waals surface area contributed by atoms with Gasteiger partial charge in [-0.25, -0.2) is 9.59 Å². The van der Waals surface area contributed by atoms with Crippen molar-refractivity contribution in [3.8, 4) is 11.5 Å². The van der Waals surface area contributed by atoms with E-state index < -0.39 is 12.3 Å². The molecule has 8 nitrogen and oxygen atoms in total. The lowest BCUT2D eigenvalue weighted by molar-refractivity contribution is -0.145. The SMILES string of the molecule is O=C(CCCCc1cc(OC(=O)OCc2ccccc2)ccc1OC(=O)OCc1ccccc1)OCc1ccccc1. The summed E-state index contributed by atoms with van der Waals surface area (Å²) in [6.07, 6.45) is 0.115. The molecule has 0 bridgehead atoms. The molecule has 216 valence electrons. The number of carbonyl (C=O) groups excluding carboxylic acids is 3. The molecular weight excluding hydrogens is 536 g/mol. The number of esters is 1. The third kappa shape index (κ3) is 10.5. The molecule has 0 atom stereocenters. The lowest BCUT2D eigenvalue weighted by atomic mass is 10.1. The summed E-state index contributed by atoms with van der Waals surface area (Å²) in [6.45, 7) is 0.360. The first kappa shape index (κ1) is 29.9. The minimum absolute atomic E-state index is 0.0640. The van der Waals surface area contributed by atoms with Crippen molar-refractivity contribution in [3.05, 3.63) is 131 Å². The van der Waals surface area contributed by atoms with Crippen LogP contribution >= 0.6 is 0 Å². The minimum atomic E-state index is -0.861. The summed E-state index contributed by atoms with van der Waals surface area (Å²) in [5.41, 5.74) is 3.19. The zero-order valence-corrected chi connectivity index (χ0v) is 23.1. The van der Waals surface area contributed by atoms with Crippen molar-refractivity contribution in [1.82, 2.24) is 0 Å². The first-order chi connectivity index (χ1) is 20.5. The first-order valence-electron chi connectivity index (χ1n) is 13.6. The summed E-state index contributed by atoms with van der Waals surface area (Å²) in [7, 11) is 0. The Labute approximate surface area is 244 Å². The third-order valence-electron chi connectivity index (χ3n) is 6.15. The number of aryl methyl sites for hydroxylation is 1. The average Bonchev–Trinajstić information content (AvgIpc) is 3.02. The number of hydrogen-bond acceptors (Lipinski definition) is 8. The number of hydrogen-bond donors (Lipinski definition) is 0. The normalized spacial score (nSPS) is 10.4. The molecule has 0 spiro atoms. The Hall–Kier alpha value is -5.11. The second kappa shape index (κ2) is 16.2. The van der Waals surface area contributed by atoms with Crippen molar-refractivity contribution in [2.45, 2.75) is 45.5 Å². The molecule has 0 aliphatic rings. The van der Waals surface area contributed by atoms with Gasteiger partial charge in [0.05, 0.1) is 0 Å². The lowest BCUT2D eigenvalue weighted by Gasteiger charge is -2.13. The molecule has 0 fully saturated rings. The van der Waals surface area contributed by atoms with E-state index in [2.05, 4.69) is 0 Å². The van der Waals surface area contributed by atoms with Crippen molar-refractivity contribution < 1.29 is 38.1 Å². The molecule has 8 heteroatoms. The highest BCUT2D eigenvalue weighted by Gasteiger charge is 2.15. The van der Waals surface area contributed by atoms with E-state index in [1.807, 2.05) is 91.0 Å². The maximum absolute atomic E-state index is 12.4. The van der Waals surface area contributed by atoms with Crippen LogP contribution in [0.3, 0.4) is 0 Å². The maximum Gasteiger partial charge on any atom is 0.514 e. The molecule has 42 heavy (non-hydrogen) atoms. The number of rotatable bonds is 13. The van der Waals surface area contributed by atoms with Crippen LogP contribution in [0.25, 0.3) is 0 Å². The highest BCUT2D eigenvalue weighted by atomic mass is 16.7. The fourth-order valence-corrected chi connectivity index (χ4v) is 3.99. The molecule has 0 heterocycles. The molecular formula is C34H32O8. The summed E-state index contributed by atoms with van der Waals surface area (Å²) in [5.74, 6) is 0.207. The summed E-state index contributed by atoms with van der Waals surface area (Å²) in [6, 6.07) is 32.6. The molecule has 0 aliphatic heterocycles. The zero-order chi connectivity index (χ0) is 29.4. The monoisotopic (exact) mass is 568 g/mol. The summed E-state index contributed by atoms with van der Waals surface area (Å²) in [4.78, 5) is 36.9. The maximum atomic E-state index is 12.4. The van der Waals surface area contributed by atoms with Gasteiger partial charge in [0.25, 0.3) is 0 Å². The van der Waals surface area contributed by atoms with Crippen LogP contribution in [0, 0.1) is 0 Å². The molecule has 0 aromatic heterocycles. The molecule has 4 aromatic carbocycles. The summed E-state index contributed by atoms with van der Waals surface area (Å²) < 4.78 is 26.6. The molecule has 0 radical (unpaired) electrons. The predicted molar refractivity (Wildman–Crippen MR) is 155 cm³/mol. The Morgan fingerprint density at radius 1 is 0.524 bits per heavy atom. The number of ether oxygens (including phenoxy) is 5. The molecule has 0 N–H and O–H groups in total. The van der Waals surface area contributed by atoms with Crippen LogP contribution < -0.4 is 9.47 Å². The van der Waals surface area contributed by atoms with Gasteiger partial charge in [0, 0.05) is 6.42 Å². The van der Waals surface area contributed by atoms with Crippen molar-refractivity contribution in [2.75, 3.05) is 0 Å². The topological polar surface area (TPSA) is 97.4 Å². The number of benzene rings is 4. The van der Waals surface area contributed by atoms with E-state index in [0.29, 0.717) is 24.8 Å².